The molecule has 0 saturated heterocycles. The van der Waals surface area contributed by atoms with Crippen molar-refractivity contribution < 1.29 is 0 Å². The maximum absolute atomic E-state index is 5.68. The van der Waals surface area contributed by atoms with Crippen LogP contribution in [0.4, 0.5) is 0 Å². The molecule has 0 aromatic rings. The van der Waals surface area contributed by atoms with E-state index in [1.807, 2.05) is 0 Å². The fourth-order valence-corrected chi connectivity index (χ4v) is 1.60. The van der Waals surface area contributed by atoms with Gasteiger partial charge in [0.05, 0.1) is 0 Å². The van der Waals surface area contributed by atoms with E-state index in [-0.39, 0.29) is 0 Å². The highest BCUT2D eigenvalue weighted by atomic mass is 15.1. The van der Waals surface area contributed by atoms with Crippen LogP contribution in [0.25, 0.3) is 0 Å². The maximum atomic E-state index is 5.68. The molecule has 0 bridgehead atoms. The second-order valence-corrected chi connectivity index (χ2v) is 4.09. The van der Waals surface area contributed by atoms with Crippen LogP contribution in [0.1, 0.15) is 40.0 Å². The van der Waals surface area contributed by atoms with Gasteiger partial charge in [-0.25, -0.2) is 0 Å². The molecule has 2 heteroatoms. The molecular weight excluding hydrogens is 160 g/mol. The SMILES string of the molecule is CCCC(C)N(C)CC(CC)CN. The predicted octanol–water partition coefficient (Wildman–Crippen LogP) is 2.09. The number of nitrogens with zero attached hydrogens (tertiary/aromatic N) is 1. The molecule has 2 nitrogen and oxygen atoms in total. The van der Waals surface area contributed by atoms with Gasteiger partial charge in [0.2, 0.25) is 0 Å². The van der Waals surface area contributed by atoms with Crippen molar-refractivity contribution in [2.24, 2.45) is 11.7 Å². The third-order valence-electron chi connectivity index (χ3n) is 2.92. The van der Waals surface area contributed by atoms with E-state index in [4.69, 9.17) is 5.73 Å². The van der Waals surface area contributed by atoms with E-state index in [9.17, 15) is 0 Å². The third-order valence-corrected chi connectivity index (χ3v) is 2.92. The van der Waals surface area contributed by atoms with E-state index in [1.165, 1.54) is 19.3 Å². The minimum atomic E-state index is 0.671. The standard InChI is InChI=1S/C11H26N2/c1-5-7-10(3)13(4)9-11(6-2)8-12/h10-11H,5-9,12H2,1-4H3. The monoisotopic (exact) mass is 186 g/mol. The van der Waals surface area contributed by atoms with Gasteiger partial charge in [-0.05, 0) is 32.9 Å². The Morgan fingerprint density at radius 1 is 1.31 bits per heavy atom. The molecule has 0 aliphatic rings. The zero-order chi connectivity index (χ0) is 10.3. The smallest absolute Gasteiger partial charge is 0.00639 e. The third kappa shape index (κ3) is 5.27. The summed E-state index contributed by atoms with van der Waals surface area (Å²) in [6, 6.07) is 0.700. The van der Waals surface area contributed by atoms with Crippen molar-refractivity contribution in [1.29, 1.82) is 0 Å². The molecule has 0 spiro atoms. The van der Waals surface area contributed by atoms with Crippen LogP contribution in [0.15, 0.2) is 0 Å². The first-order chi connectivity index (χ1) is 6.15. The van der Waals surface area contributed by atoms with Crippen molar-refractivity contribution in [3.05, 3.63) is 0 Å². The number of hydrogen-bond acceptors (Lipinski definition) is 2. The van der Waals surface area contributed by atoms with Crippen LogP contribution in [0.3, 0.4) is 0 Å². The van der Waals surface area contributed by atoms with E-state index in [0.717, 1.165) is 13.1 Å². The molecule has 0 aliphatic heterocycles. The normalized spacial score (nSPS) is 16.2. The van der Waals surface area contributed by atoms with Gasteiger partial charge in [-0.15, -0.1) is 0 Å². The van der Waals surface area contributed by atoms with Crippen LogP contribution in [0.2, 0.25) is 0 Å². The van der Waals surface area contributed by atoms with Gasteiger partial charge in [-0.3, -0.25) is 0 Å². The van der Waals surface area contributed by atoms with Gasteiger partial charge >= 0.3 is 0 Å². The molecule has 13 heavy (non-hydrogen) atoms. The van der Waals surface area contributed by atoms with Crippen molar-refractivity contribution >= 4 is 0 Å². The Labute approximate surface area is 83.5 Å². The van der Waals surface area contributed by atoms with Crippen LogP contribution in [-0.2, 0) is 0 Å². The molecule has 0 radical (unpaired) electrons. The Morgan fingerprint density at radius 3 is 2.31 bits per heavy atom. The highest BCUT2D eigenvalue weighted by Gasteiger charge is 2.12. The lowest BCUT2D eigenvalue weighted by Gasteiger charge is -2.27. The average Bonchev–Trinajstić information content (AvgIpc) is 2.14. The fraction of sp³-hybridized carbons (Fsp3) is 1.00. The summed E-state index contributed by atoms with van der Waals surface area (Å²) in [5.74, 6) is 0.671. The Balaban J connectivity index is 3.75. The molecule has 0 aromatic heterocycles. The summed E-state index contributed by atoms with van der Waals surface area (Å²) in [6.45, 7) is 8.72. The Kier molecular flexibility index (Phi) is 7.29. The van der Waals surface area contributed by atoms with Gasteiger partial charge in [0.25, 0.3) is 0 Å². The molecule has 80 valence electrons. The van der Waals surface area contributed by atoms with Crippen LogP contribution in [0.5, 0.6) is 0 Å². The van der Waals surface area contributed by atoms with Gasteiger partial charge in [0, 0.05) is 12.6 Å². The van der Waals surface area contributed by atoms with E-state index in [1.54, 1.807) is 0 Å². The maximum Gasteiger partial charge on any atom is 0.00639 e. The number of rotatable bonds is 7. The molecular formula is C11H26N2. The molecule has 0 rings (SSSR count). The lowest BCUT2D eigenvalue weighted by Crippen LogP contribution is -2.35. The van der Waals surface area contributed by atoms with E-state index in [0.29, 0.717) is 12.0 Å². The Morgan fingerprint density at radius 2 is 1.92 bits per heavy atom. The molecule has 2 N–H and O–H groups in total. The molecule has 0 heterocycles. The fourth-order valence-electron chi connectivity index (χ4n) is 1.60. The minimum absolute atomic E-state index is 0.671. The zero-order valence-electron chi connectivity index (χ0n) is 9.71. The highest BCUT2D eigenvalue weighted by molar-refractivity contribution is 4.68. The van der Waals surface area contributed by atoms with Crippen molar-refractivity contribution in [2.75, 3.05) is 20.1 Å². The quantitative estimate of drug-likeness (QED) is 0.659. The lowest BCUT2D eigenvalue weighted by atomic mass is 10.0. The molecule has 2 unspecified atom stereocenters. The molecule has 2 atom stereocenters. The highest BCUT2D eigenvalue weighted by Crippen LogP contribution is 2.08. The van der Waals surface area contributed by atoms with E-state index < -0.39 is 0 Å². The van der Waals surface area contributed by atoms with E-state index >= 15 is 0 Å². The molecule has 0 aromatic carbocycles. The van der Waals surface area contributed by atoms with Crippen LogP contribution >= 0.6 is 0 Å². The Bertz CT molecular complexity index is 111. The van der Waals surface area contributed by atoms with Crippen molar-refractivity contribution in [3.63, 3.8) is 0 Å². The second kappa shape index (κ2) is 7.34. The summed E-state index contributed by atoms with van der Waals surface area (Å²) < 4.78 is 0. The summed E-state index contributed by atoms with van der Waals surface area (Å²) in [7, 11) is 2.21. The summed E-state index contributed by atoms with van der Waals surface area (Å²) >= 11 is 0. The topological polar surface area (TPSA) is 29.3 Å². The molecule has 0 fully saturated rings. The lowest BCUT2D eigenvalue weighted by molar-refractivity contribution is 0.207. The largest absolute Gasteiger partial charge is 0.330 e. The average molecular weight is 186 g/mol. The van der Waals surface area contributed by atoms with Crippen LogP contribution in [0, 0.1) is 5.92 Å². The first kappa shape index (κ1) is 12.9. The minimum Gasteiger partial charge on any atom is -0.330 e. The van der Waals surface area contributed by atoms with Crippen molar-refractivity contribution in [3.8, 4) is 0 Å². The van der Waals surface area contributed by atoms with Gasteiger partial charge in [-0.1, -0.05) is 26.7 Å². The number of hydrogen-bond donors (Lipinski definition) is 1. The van der Waals surface area contributed by atoms with Crippen LogP contribution < -0.4 is 5.73 Å². The predicted molar refractivity (Wildman–Crippen MR) is 59.8 cm³/mol. The first-order valence-corrected chi connectivity index (χ1v) is 5.55. The van der Waals surface area contributed by atoms with Gasteiger partial charge in [-0.2, -0.15) is 0 Å². The summed E-state index contributed by atoms with van der Waals surface area (Å²) in [5, 5.41) is 0. The van der Waals surface area contributed by atoms with E-state index in [2.05, 4.69) is 32.7 Å². The van der Waals surface area contributed by atoms with Crippen LogP contribution in [-0.4, -0.2) is 31.1 Å². The summed E-state index contributed by atoms with van der Waals surface area (Å²) in [6.07, 6.45) is 3.75. The van der Waals surface area contributed by atoms with Gasteiger partial charge in [0.15, 0.2) is 0 Å². The molecule has 0 saturated carbocycles. The zero-order valence-corrected chi connectivity index (χ0v) is 9.71. The number of nitrogens with two attached hydrogens (primary N) is 1. The Hall–Kier alpha value is -0.0800. The summed E-state index contributed by atoms with van der Waals surface area (Å²) in [5.41, 5.74) is 5.68. The van der Waals surface area contributed by atoms with Gasteiger partial charge in [0.1, 0.15) is 0 Å². The summed E-state index contributed by atoms with van der Waals surface area (Å²) in [4.78, 5) is 2.44. The van der Waals surface area contributed by atoms with Crippen molar-refractivity contribution in [2.45, 2.75) is 46.1 Å². The molecule has 0 amide bonds. The van der Waals surface area contributed by atoms with Crippen molar-refractivity contribution in [1.82, 2.24) is 4.90 Å². The second-order valence-electron chi connectivity index (χ2n) is 4.09. The first-order valence-electron chi connectivity index (χ1n) is 5.55. The van der Waals surface area contributed by atoms with Gasteiger partial charge < -0.3 is 10.6 Å². The molecule has 0 aliphatic carbocycles.